The van der Waals surface area contributed by atoms with Crippen molar-refractivity contribution in [2.24, 2.45) is 5.73 Å². The van der Waals surface area contributed by atoms with E-state index in [9.17, 15) is 24.3 Å². The van der Waals surface area contributed by atoms with Crippen LogP contribution < -0.4 is 16.4 Å². The van der Waals surface area contributed by atoms with Crippen LogP contribution in [0.3, 0.4) is 0 Å². The molecule has 1 unspecified atom stereocenters. The number of benzene rings is 3. The molecule has 0 aliphatic carbocycles. The molecule has 2 fully saturated rings. The van der Waals surface area contributed by atoms with E-state index in [1.165, 1.54) is 4.90 Å². The summed E-state index contributed by atoms with van der Waals surface area (Å²) in [5.74, 6) is -1.01. The Morgan fingerprint density at radius 2 is 1.57 bits per heavy atom. The van der Waals surface area contributed by atoms with E-state index < -0.39 is 54.3 Å². The normalized spacial score (nSPS) is 18.5. The molecule has 56 heavy (non-hydrogen) atoms. The summed E-state index contributed by atoms with van der Waals surface area (Å²) < 4.78 is 17.3. The van der Waals surface area contributed by atoms with E-state index in [2.05, 4.69) is 15.6 Å². The number of oxazole rings is 1. The van der Waals surface area contributed by atoms with Gasteiger partial charge < -0.3 is 45.2 Å². The minimum Gasteiger partial charge on any atom is -0.445 e. The van der Waals surface area contributed by atoms with Crippen molar-refractivity contribution in [2.45, 2.75) is 94.7 Å². The predicted octanol–water partition coefficient (Wildman–Crippen LogP) is 4.99. The van der Waals surface area contributed by atoms with Gasteiger partial charge in [0.1, 0.15) is 30.3 Å². The molecular formula is C42H52N6O8. The first-order valence-corrected chi connectivity index (χ1v) is 19.6. The van der Waals surface area contributed by atoms with Gasteiger partial charge in [0.2, 0.25) is 17.7 Å². The van der Waals surface area contributed by atoms with Crippen LogP contribution in [0.1, 0.15) is 74.5 Å². The van der Waals surface area contributed by atoms with Crippen LogP contribution >= 0.6 is 0 Å². The monoisotopic (exact) mass is 768 g/mol. The molecule has 0 spiro atoms. The van der Waals surface area contributed by atoms with E-state index in [1.54, 1.807) is 23.1 Å². The Kier molecular flexibility index (Phi) is 14.3. The molecule has 1 aromatic heterocycles. The van der Waals surface area contributed by atoms with Crippen LogP contribution in [-0.2, 0) is 32.1 Å². The molecule has 5 N–H and O–H groups in total. The summed E-state index contributed by atoms with van der Waals surface area (Å²) in [5, 5.41) is 17.3. The van der Waals surface area contributed by atoms with Crippen molar-refractivity contribution in [1.82, 2.24) is 25.4 Å². The van der Waals surface area contributed by atoms with E-state index in [4.69, 9.17) is 19.6 Å². The molecule has 0 radical (unpaired) electrons. The van der Waals surface area contributed by atoms with Gasteiger partial charge in [0.15, 0.2) is 11.7 Å². The molecule has 3 aromatic carbocycles. The first-order chi connectivity index (χ1) is 27.3. The molecule has 2 saturated heterocycles. The third-order valence-electron chi connectivity index (χ3n) is 10.3. The number of piperidine rings is 1. The zero-order chi connectivity index (χ0) is 39.3. The van der Waals surface area contributed by atoms with Gasteiger partial charge in [-0.1, -0.05) is 79.2 Å². The number of rotatable bonds is 16. The topological polar surface area (TPSA) is 190 Å². The zero-order valence-corrected chi connectivity index (χ0v) is 31.6. The number of nitrogens with two attached hydrogens (primary N) is 1. The number of unbranched alkanes of at least 4 members (excludes halogenated alkanes) is 1. The smallest absolute Gasteiger partial charge is 0.410 e. The molecule has 2 aliphatic rings. The molecule has 298 valence electrons. The largest absolute Gasteiger partial charge is 0.445 e. The number of carbonyl (C=O) groups excluding carboxylic acids is 4. The Labute approximate surface area is 326 Å². The molecule has 2 aliphatic heterocycles. The molecule has 5 atom stereocenters. The van der Waals surface area contributed by atoms with Crippen LogP contribution in [0.4, 0.5) is 9.59 Å². The summed E-state index contributed by atoms with van der Waals surface area (Å²) in [7, 11) is 0. The van der Waals surface area contributed by atoms with Gasteiger partial charge in [0.25, 0.3) is 0 Å². The SMILES string of the molecule is NCCCC[C@H](NC(=O)[C@@H]1C[C@@H](OC(=O)N2CCCCC2)CN1C(=O)[C@@H](CCc1ccccc1)NC(=O)OCc1ccccc1)C(O)c1nc2ccccc2o1. The van der Waals surface area contributed by atoms with Gasteiger partial charge in [-0.15, -0.1) is 0 Å². The Hall–Kier alpha value is -5.47. The number of aliphatic hydroxyl groups is 1. The van der Waals surface area contributed by atoms with Crippen molar-refractivity contribution in [3.8, 4) is 0 Å². The van der Waals surface area contributed by atoms with E-state index >= 15 is 0 Å². The van der Waals surface area contributed by atoms with Crippen molar-refractivity contribution in [3.63, 3.8) is 0 Å². The number of alkyl carbamates (subject to hydrolysis) is 1. The Balaban J connectivity index is 1.23. The van der Waals surface area contributed by atoms with E-state index in [0.29, 0.717) is 56.4 Å². The number of hydrogen-bond acceptors (Lipinski definition) is 10. The average Bonchev–Trinajstić information content (AvgIpc) is 3.87. The Bertz CT molecular complexity index is 1850. The van der Waals surface area contributed by atoms with Gasteiger partial charge in [-0.25, -0.2) is 14.6 Å². The summed E-state index contributed by atoms with van der Waals surface area (Å²) in [6.45, 7) is 1.52. The summed E-state index contributed by atoms with van der Waals surface area (Å²) in [5.41, 5.74) is 8.58. The van der Waals surface area contributed by atoms with Crippen LogP contribution in [0, 0.1) is 0 Å². The van der Waals surface area contributed by atoms with Gasteiger partial charge in [0.05, 0.1) is 12.6 Å². The molecule has 6 rings (SSSR count). The van der Waals surface area contributed by atoms with Gasteiger partial charge in [-0.2, -0.15) is 0 Å². The molecule has 0 bridgehead atoms. The van der Waals surface area contributed by atoms with E-state index in [1.807, 2.05) is 66.7 Å². The highest BCUT2D eigenvalue weighted by molar-refractivity contribution is 5.92. The van der Waals surface area contributed by atoms with Gasteiger partial charge in [-0.3, -0.25) is 9.59 Å². The maximum Gasteiger partial charge on any atom is 0.410 e. The number of aryl methyl sites for hydroxylation is 1. The number of carbonyl (C=O) groups is 4. The quantitative estimate of drug-likeness (QED) is 0.113. The summed E-state index contributed by atoms with van der Waals surface area (Å²) in [6.07, 6.45) is 1.71. The number of ether oxygens (including phenoxy) is 2. The lowest BCUT2D eigenvalue weighted by molar-refractivity contribution is -0.140. The van der Waals surface area contributed by atoms with Crippen LogP contribution in [0.15, 0.2) is 89.3 Å². The van der Waals surface area contributed by atoms with Gasteiger partial charge in [0, 0.05) is 19.5 Å². The van der Waals surface area contributed by atoms with E-state index in [-0.39, 0.29) is 31.9 Å². The van der Waals surface area contributed by atoms with E-state index in [0.717, 1.165) is 30.4 Å². The number of para-hydroxylation sites is 2. The van der Waals surface area contributed by atoms with Gasteiger partial charge >= 0.3 is 12.2 Å². The van der Waals surface area contributed by atoms with Crippen molar-refractivity contribution in [1.29, 1.82) is 0 Å². The second kappa shape index (κ2) is 19.9. The fourth-order valence-electron chi connectivity index (χ4n) is 7.27. The number of nitrogens with one attached hydrogen (secondary N) is 2. The van der Waals surface area contributed by atoms with Crippen molar-refractivity contribution in [3.05, 3.63) is 102 Å². The maximum absolute atomic E-state index is 14.6. The number of fused-ring (bicyclic) bond motifs is 1. The fourth-order valence-corrected chi connectivity index (χ4v) is 7.27. The summed E-state index contributed by atoms with van der Waals surface area (Å²) in [6, 6.07) is 22.9. The second-order valence-electron chi connectivity index (χ2n) is 14.4. The van der Waals surface area contributed by atoms with Crippen molar-refractivity contribution >= 4 is 35.1 Å². The molecule has 0 saturated carbocycles. The number of aromatic nitrogens is 1. The molecular weight excluding hydrogens is 716 g/mol. The minimum atomic E-state index is -1.30. The second-order valence-corrected chi connectivity index (χ2v) is 14.4. The highest BCUT2D eigenvalue weighted by Gasteiger charge is 2.45. The Morgan fingerprint density at radius 3 is 2.29 bits per heavy atom. The first kappa shape index (κ1) is 40.2. The molecule has 4 amide bonds. The predicted molar refractivity (Wildman–Crippen MR) is 208 cm³/mol. The third-order valence-corrected chi connectivity index (χ3v) is 10.3. The standard InChI is InChI=1S/C42H52N6O8/c43-23-11-10-19-33(37(49)39-45-32-18-8-9-20-36(32)56-39)44-38(50)35-26-31(55-42(53)47-24-12-3-13-25-47)27-48(35)40(51)34(22-21-29-14-4-1-5-15-29)46-41(52)54-28-30-16-6-2-7-17-30/h1-2,4-9,14-18,20,31,33-35,37,49H,3,10-13,19,21-28,43H2,(H,44,50)(H,46,52)/t31-,33+,34-,35+,37?/m1/s1. The van der Waals surface area contributed by atoms with Crippen molar-refractivity contribution in [2.75, 3.05) is 26.2 Å². The number of nitrogens with zero attached hydrogens (tertiary/aromatic N) is 3. The van der Waals surface area contributed by atoms with Crippen LogP contribution in [-0.4, -0.2) is 94.3 Å². The lowest BCUT2D eigenvalue weighted by Gasteiger charge is -2.30. The highest BCUT2D eigenvalue weighted by atomic mass is 16.6. The molecule has 4 aromatic rings. The molecule has 14 heteroatoms. The highest BCUT2D eigenvalue weighted by Crippen LogP contribution is 2.28. The minimum absolute atomic E-state index is 0.00347. The number of likely N-dealkylation sites (tertiary alicyclic amines) is 2. The van der Waals surface area contributed by atoms with Crippen LogP contribution in [0.2, 0.25) is 0 Å². The van der Waals surface area contributed by atoms with Crippen LogP contribution in [0.25, 0.3) is 11.1 Å². The Morgan fingerprint density at radius 1 is 0.875 bits per heavy atom. The summed E-state index contributed by atoms with van der Waals surface area (Å²) in [4.78, 5) is 62.9. The van der Waals surface area contributed by atoms with Crippen LogP contribution in [0.5, 0.6) is 0 Å². The van der Waals surface area contributed by atoms with Crippen molar-refractivity contribution < 1.29 is 38.2 Å². The lowest BCUT2D eigenvalue weighted by atomic mass is 10.0. The number of hydrogen-bond donors (Lipinski definition) is 4. The maximum atomic E-state index is 14.6. The summed E-state index contributed by atoms with van der Waals surface area (Å²) >= 11 is 0. The first-order valence-electron chi connectivity index (χ1n) is 19.6. The molecule has 3 heterocycles. The molecule has 14 nitrogen and oxygen atoms in total. The number of aliphatic hydroxyl groups excluding tert-OH is 1. The third kappa shape index (κ3) is 10.8. The lowest BCUT2D eigenvalue weighted by Crippen LogP contribution is -2.55. The fraction of sp³-hybridized carbons (Fsp3) is 0.452. The average molecular weight is 769 g/mol. The van der Waals surface area contributed by atoms with Gasteiger partial charge in [-0.05, 0) is 74.8 Å². The number of amides is 4. The zero-order valence-electron chi connectivity index (χ0n) is 31.6.